The number of carboxylic acid groups (broad SMARTS) is 1. The van der Waals surface area contributed by atoms with Gasteiger partial charge in [-0.25, -0.2) is 13.2 Å². The molecule has 0 aliphatic carbocycles. The van der Waals surface area contributed by atoms with Crippen molar-refractivity contribution in [2.75, 3.05) is 0 Å². The van der Waals surface area contributed by atoms with E-state index in [2.05, 4.69) is 0 Å². The van der Waals surface area contributed by atoms with E-state index in [0.29, 0.717) is 10.8 Å². The third-order valence-corrected chi connectivity index (χ3v) is 4.19. The van der Waals surface area contributed by atoms with Crippen molar-refractivity contribution in [1.82, 2.24) is 4.94 Å². The van der Waals surface area contributed by atoms with Gasteiger partial charge in [-0.3, -0.25) is 0 Å². The summed E-state index contributed by atoms with van der Waals surface area (Å²) in [7, 11) is -5.39. The number of fused-ring (bicyclic) bond motifs is 1. The first kappa shape index (κ1) is 16.2. The molecule has 0 amide bonds. The predicted molar refractivity (Wildman–Crippen MR) is 72.7 cm³/mol. The lowest BCUT2D eigenvalue weighted by Gasteiger charge is -2.15. The highest BCUT2D eigenvalue weighted by Gasteiger charge is 2.45. The lowest BCUT2D eigenvalue weighted by atomic mass is 10.0. The number of aromatic carboxylic acids is 1. The van der Waals surface area contributed by atoms with Gasteiger partial charge in [-0.2, -0.15) is 8.78 Å². The first-order valence-corrected chi connectivity index (χ1v) is 7.40. The summed E-state index contributed by atoms with van der Waals surface area (Å²) in [5.74, 6) is -1.13. The van der Waals surface area contributed by atoms with Gasteiger partial charge in [0.2, 0.25) is 0 Å². The fourth-order valence-corrected chi connectivity index (χ4v) is 2.40. The van der Waals surface area contributed by atoms with E-state index in [1.54, 1.807) is 0 Å². The van der Waals surface area contributed by atoms with Crippen LogP contribution in [0.2, 0.25) is 0 Å². The second-order valence-electron chi connectivity index (χ2n) is 4.60. The van der Waals surface area contributed by atoms with E-state index in [1.165, 1.54) is 36.4 Å². The lowest BCUT2D eigenvalue weighted by Crippen LogP contribution is -2.37. The molecule has 2 aromatic carbocycles. The molecular weight excluding hydrogens is 323 g/mol. The van der Waals surface area contributed by atoms with Gasteiger partial charge in [0.25, 0.3) is 0 Å². The molecule has 0 spiro atoms. The Kier molecular flexibility index (Phi) is 4.12. The second-order valence-corrected chi connectivity index (χ2v) is 6.35. The molecule has 2 rings (SSSR count). The van der Waals surface area contributed by atoms with Gasteiger partial charge >= 0.3 is 21.2 Å². The number of carbonyl (C=O) groups is 1. The monoisotopic (exact) mass is 333 g/mol. The molecule has 0 heterocycles. The highest BCUT2D eigenvalue weighted by Crippen LogP contribution is 2.27. The first-order chi connectivity index (χ1) is 10.2. The van der Waals surface area contributed by atoms with E-state index in [1.807, 2.05) is 0 Å². The zero-order valence-electron chi connectivity index (χ0n) is 10.9. The van der Waals surface area contributed by atoms with Crippen molar-refractivity contribution in [3.63, 3.8) is 0 Å². The van der Waals surface area contributed by atoms with Gasteiger partial charge < -0.3 is 5.11 Å². The van der Waals surface area contributed by atoms with Crippen LogP contribution in [0.25, 0.3) is 10.8 Å². The van der Waals surface area contributed by atoms with Crippen LogP contribution in [0.3, 0.4) is 0 Å². The van der Waals surface area contributed by atoms with E-state index in [4.69, 9.17) is 5.11 Å². The number of hydrogen-bond acceptors (Lipinski definition) is 3. The van der Waals surface area contributed by atoms with Crippen molar-refractivity contribution in [3.8, 4) is 0 Å². The highest BCUT2D eigenvalue weighted by atomic mass is 32.2. The molecule has 0 bridgehead atoms. The van der Waals surface area contributed by atoms with Crippen LogP contribution in [0.4, 0.5) is 13.3 Å². The summed E-state index contributed by atoms with van der Waals surface area (Å²) in [5, 5.41) is 5.51. The second kappa shape index (κ2) is 5.58. The molecule has 2 aromatic rings. The SMILES string of the molecule is O=C(O)c1ccc2cc(CC(F)(F)S(=O)(=O)NF)ccc2c1. The zero-order valence-corrected chi connectivity index (χ0v) is 11.7. The normalized spacial score (nSPS) is 12.5. The molecule has 9 heteroatoms. The van der Waals surface area contributed by atoms with Crippen LogP contribution in [0.15, 0.2) is 36.4 Å². The summed E-state index contributed by atoms with van der Waals surface area (Å²) in [6, 6.07) is 8.00. The Morgan fingerprint density at radius 1 is 1.14 bits per heavy atom. The fraction of sp³-hybridized carbons (Fsp3) is 0.154. The van der Waals surface area contributed by atoms with Crippen molar-refractivity contribution in [2.45, 2.75) is 11.7 Å². The number of sulfonamides is 1. The van der Waals surface area contributed by atoms with Crippen molar-refractivity contribution >= 4 is 26.8 Å². The molecule has 22 heavy (non-hydrogen) atoms. The Morgan fingerprint density at radius 3 is 2.32 bits per heavy atom. The Balaban J connectivity index is 2.38. The van der Waals surface area contributed by atoms with Gasteiger partial charge in [-0.15, -0.1) is 4.48 Å². The predicted octanol–water partition coefficient (Wildman–Crippen LogP) is 2.48. The number of hydrogen-bond donors (Lipinski definition) is 2. The maximum absolute atomic E-state index is 13.5. The van der Waals surface area contributed by atoms with Crippen LogP contribution < -0.4 is 4.94 Å². The first-order valence-electron chi connectivity index (χ1n) is 5.92. The minimum Gasteiger partial charge on any atom is -0.478 e. The van der Waals surface area contributed by atoms with Gasteiger partial charge in [0, 0.05) is 0 Å². The van der Waals surface area contributed by atoms with Crippen LogP contribution >= 0.6 is 0 Å². The summed E-state index contributed by atoms with van der Waals surface area (Å²) < 4.78 is 60.8. The van der Waals surface area contributed by atoms with Crippen LogP contribution in [0.1, 0.15) is 15.9 Å². The molecule has 0 fully saturated rings. The minimum absolute atomic E-state index is 0.0283. The quantitative estimate of drug-likeness (QED) is 0.824. The molecule has 5 nitrogen and oxygen atoms in total. The van der Waals surface area contributed by atoms with E-state index in [-0.39, 0.29) is 16.1 Å². The van der Waals surface area contributed by atoms with E-state index in [0.717, 1.165) is 0 Å². The van der Waals surface area contributed by atoms with Crippen molar-refractivity contribution in [3.05, 3.63) is 47.5 Å². The summed E-state index contributed by atoms with van der Waals surface area (Å²) in [5.41, 5.74) is 0.00851. The average molecular weight is 333 g/mol. The summed E-state index contributed by atoms with van der Waals surface area (Å²) in [6.07, 6.45) is -1.21. The molecule has 0 radical (unpaired) electrons. The van der Waals surface area contributed by atoms with E-state index < -0.39 is 27.7 Å². The Bertz CT molecular complexity index is 836. The third-order valence-electron chi connectivity index (χ3n) is 3.06. The van der Waals surface area contributed by atoms with Crippen molar-refractivity contribution in [1.29, 1.82) is 0 Å². The number of nitrogens with one attached hydrogen (secondary N) is 1. The molecule has 2 N–H and O–H groups in total. The molecule has 0 saturated carbocycles. The number of carboxylic acids is 1. The number of alkyl halides is 2. The molecule has 0 unspecified atom stereocenters. The van der Waals surface area contributed by atoms with Crippen molar-refractivity contribution in [2.24, 2.45) is 0 Å². The molecule has 0 aliphatic rings. The van der Waals surface area contributed by atoms with Gasteiger partial charge in [-0.1, -0.05) is 24.3 Å². The molecule has 0 saturated heterocycles. The summed E-state index contributed by atoms with van der Waals surface area (Å²) in [4.78, 5) is 11.0. The van der Waals surface area contributed by atoms with Crippen LogP contribution in [0.5, 0.6) is 0 Å². The maximum atomic E-state index is 13.5. The van der Waals surface area contributed by atoms with Gasteiger partial charge in [0.15, 0.2) is 0 Å². The Hall–Kier alpha value is -2.13. The Morgan fingerprint density at radius 2 is 1.73 bits per heavy atom. The van der Waals surface area contributed by atoms with Crippen LogP contribution in [-0.4, -0.2) is 24.7 Å². The zero-order chi connectivity index (χ0) is 16.5. The molecule has 118 valence electrons. The lowest BCUT2D eigenvalue weighted by molar-refractivity contribution is 0.0697. The van der Waals surface area contributed by atoms with E-state index in [9.17, 15) is 26.5 Å². The molecule has 0 aromatic heterocycles. The molecule has 0 atom stereocenters. The van der Waals surface area contributed by atoms with Crippen molar-refractivity contribution < 1.29 is 31.6 Å². The van der Waals surface area contributed by atoms with Crippen LogP contribution in [-0.2, 0) is 16.4 Å². The van der Waals surface area contributed by atoms with E-state index >= 15 is 0 Å². The number of halogens is 3. The van der Waals surface area contributed by atoms with Crippen LogP contribution in [0, 0.1) is 0 Å². The molecular formula is C13H10F3NO4S. The summed E-state index contributed by atoms with van der Waals surface area (Å²) >= 11 is 0. The summed E-state index contributed by atoms with van der Waals surface area (Å²) in [6.45, 7) is 0. The molecule has 0 aliphatic heterocycles. The Labute approximate surface area is 123 Å². The fourth-order valence-electron chi connectivity index (χ4n) is 1.93. The maximum Gasteiger partial charge on any atom is 0.365 e. The average Bonchev–Trinajstić information content (AvgIpc) is 2.45. The number of rotatable bonds is 5. The number of benzene rings is 2. The van der Waals surface area contributed by atoms with Gasteiger partial charge in [0.05, 0.1) is 12.0 Å². The largest absolute Gasteiger partial charge is 0.478 e. The minimum atomic E-state index is -5.39. The van der Waals surface area contributed by atoms with Gasteiger partial charge in [-0.05, 0) is 33.4 Å². The third kappa shape index (κ3) is 3.04. The van der Waals surface area contributed by atoms with Gasteiger partial charge in [0.1, 0.15) is 0 Å². The topological polar surface area (TPSA) is 83.5 Å². The smallest absolute Gasteiger partial charge is 0.365 e. The standard InChI is InChI=1S/C13H10F3NO4S/c14-13(15,22(20,21)17-16)7-8-1-2-10-6-11(12(18)19)4-3-9(10)5-8/h1-6,17H,7H2,(H,18,19). The highest BCUT2D eigenvalue weighted by molar-refractivity contribution is 7.90.